The Balaban J connectivity index is 1.07. The Kier molecular flexibility index (Phi) is 8.13. The average molecular weight is 732 g/mol. The zero-order valence-corrected chi connectivity index (χ0v) is 32.2. The van der Waals surface area contributed by atoms with Crippen molar-refractivity contribution < 1.29 is 10.2 Å². The molecule has 0 radical (unpaired) electrons. The van der Waals surface area contributed by atoms with Gasteiger partial charge in [0.25, 0.3) is 0 Å². The fourth-order valence-corrected chi connectivity index (χ4v) is 9.82. The van der Waals surface area contributed by atoms with Gasteiger partial charge in [-0.25, -0.2) is 0 Å². The van der Waals surface area contributed by atoms with Crippen molar-refractivity contribution in [3.8, 4) is 67.1 Å². The van der Waals surface area contributed by atoms with Crippen LogP contribution >= 0.6 is 11.3 Å². The van der Waals surface area contributed by atoms with Gasteiger partial charge in [-0.3, -0.25) is 0 Å². The quantitative estimate of drug-likeness (QED) is 0.137. The summed E-state index contributed by atoms with van der Waals surface area (Å²) in [4.78, 5) is 0. The first kappa shape index (κ1) is 34.0. The van der Waals surface area contributed by atoms with Crippen molar-refractivity contribution in [3.05, 3.63) is 164 Å². The SMILES string of the molecule is Bc1c(O)c(B)c(-c2c3ccccc3c(-c3ccc(-c4ccc5sc6ccc(-c7cccc(-c8ccccc8)c7)cc6c5c4)cc3)c3ccccc23)c(B)c1O. The van der Waals surface area contributed by atoms with Crippen molar-refractivity contribution in [1.29, 1.82) is 0 Å². The zero-order chi connectivity index (χ0) is 38.1. The molecule has 1 heterocycles. The maximum atomic E-state index is 11.1. The third-order valence-electron chi connectivity index (χ3n) is 11.6. The van der Waals surface area contributed by atoms with Gasteiger partial charge in [-0.05, 0) is 124 Å². The molecule has 0 aliphatic carbocycles. The predicted octanol–water partition coefficient (Wildman–Crippen LogP) is 8.88. The van der Waals surface area contributed by atoms with Gasteiger partial charge in [-0.2, -0.15) is 0 Å². The average Bonchev–Trinajstić information content (AvgIpc) is 3.62. The second-order valence-electron chi connectivity index (χ2n) is 14.8. The lowest BCUT2D eigenvalue weighted by atomic mass is 9.70. The topological polar surface area (TPSA) is 40.5 Å². The van der Waals surface area contributed by atoms with Gasteiger partial charge >= 0.3 is 0 Å². The fourth-order valence-electron chi connectivity index (χ4n) is 8.75. The molecule has 2 nitrogen and oxygen atoms in total. The summed E-state index contributed by atoms with van der Waals surface area (Å²) in [6.45, 7) is 0. The zero-order valence-electron chi connectivity index (χ0n) is 31.4. The lowest BCUT2D eigenvalue weighted by Gasteiger charge is -2.22. The molecule has 10 aromatic rings. The third kappa shape index (κ3) is 5.44. The number of benzene rings is 9. The normalized spacial score (nSPS) is 11.6. The first-order valence-electron chi connectivity index (χ1n) is 19.0. The number of thiophene rings is 1. The van der Waals surface area contributed by atoms with Gasteiger partial charge in [-0.15, -0.1) is 11.3 Å². The van der Waals surface area contributed by atoms with E-state index in [4.69, 9.17) is 0 Å². The van der Waals surface area contributed by atoms with Crippen LogP contribution in [0.2, 0.25) is 0 Å². The predicted molar refractivity (Wildman–Crippen MR) is 249 cm³/mol. The number of hydrogen-bond donors (Lipinski definition) is 2. The molecule has 0 spiro atoms. The summed E-state index contributed by atoms with van der Waals surface area (Å²) < 4.78 is 2.58. The summed E-state index contributed by atoms with van der Waals surface area (Å²) in [5, 5.41) is 29.2. The lowest BCUT2D eigenvalue weighted by Crippen LogP contribution is -2.28. The van der Waals surface area contributed by atoms with Gasteiger partial charge in [-0.1, -0.05) is 133 Å². The van der Waals surface area contributed by atoms with E-state index in [1.807, 2.05) is 27.0 Å². The monoisotopic (exact) mass is 732 g/mol. The number of phenolic OH excluding ortho intramolecular Hbond substituents is 2. The smallest absolute Gasteiger partial charge is 0.149 e. The van der Waals surface area contributed by atoms with E-state index < -0.39 is 0 Å². The molecular weight excluding hydrogens is 697 g/mol. The van der Waals surface area contributed by atoms with Crippen LogP contribution in [-0.4, -0.2) is 33.8 Å². The molecule has 0 saturated heterocycles. The standard InChI is InChI=1S/C50H35B3O2S/c51-46-45(47(52)50(55)48(53)49(46)54)44-37-15-6-4-13-35(37)43(36-14-5-7-16-38(36)44)30-19-17-29(18-20-30)33-21-23-41-39(26-33)40-27-34(22-24-42(40)56-41)32-12-8-11-31(25-32)28-9-2-1-3-10-28/h1-27,54-55H,51-53H2. The van der Waals surface area contributed by atoms with Gasteiger partial charge in [0.1, 0.15) is 35.0 Å². The number of fused-ring (bicyclic) bond motifs is 5. The Morgan fingerprint density at radius 3 is 1.25 bits per heavy atom. The molecule has 1 aromatic heterocycles. The Bertz CT molecular complexity index is 3100. The van der Waals surface area contributed by atoms with Gasteiger partial charge in [0.2, 0.25) is 0 Å². The minimum Gasteiger partial charge on any atom is -0.509 e. The van der Waals surface area contributed by atoms with Crippen LogP contribution in [0.3, 0.4) is 0 Å². The molecule has 0 bridgehead atoms. The summed E-state index contributed by atoms with van der Waals surface area (Å²) in [5.74, 6) is 0.275. The second kappa shape index (κ2) is 13.4. The minimum absolute atomic E-state index is 0.138. The molecule has 0 unspecified atom stereocenters. The van der Waals surface area contributed by atoms with Crippen LogP contribution in [0.4, 0.5) is 0 Å². The van der Waals surface area contributed by atoms with Crippen molar-refractivity contribution in [3.63, 3.8) is 0 Å². The van der Waals surface area contributed by atoms with Crippen molar-refractivity contribution >= 4 is 93.0 Å². The molecule has 0 aliphatic heterocycles. The number of aromatic hydroxyl groups is 2. The first-order chi connectivity index (χ1) is 27.4. The number of phenols is 2. The van der Waals surface area contributed by atoms with Crippen LogP contribution in [-0.2, 0) is 0 Å². The summed E-state index contributed by atoms with van der Waals surface area (Å²) >= 11 is 1.85. The Morgan fingerprint density at radius 2 is 0.696 bits per heavy atom. The molecule has 0 aliphatic rings. The Morgan fingerprint density at radius 1 is 0.304 bits per heavy atom. The Hall–Kier alpha value is -6.49. The summed E-state index contributed by atoms with van der Waals surface area (Å²) in [6.07, 6.45) is 0. The van der Waals surface area contributed by atoms with Crippen molar-refractivity contribution in [2.24, 2.45) is 0 Å². The molecule has 0 fully saturated rings. The number of hydrogen-bond acceptors (Lipinski definition) is 3. The van der Waals surface area contributed by atoms with Crippen LogP contribution in [0.15, 0.2) is 164 Å². The lowest BCUT2D eigenvalue weighted by molar-refractivity contribution is 0.464. The van der Waals surface area contributed by atoms with E-state index in [9.17, 15) is 10.2 Å². The van der Waals surface area contributed by atoms with E-state index in [2.05, 4.69) is 164 Å². The van der Waals surface area contributed by atoms with Crippen LogP contribution in [0.5, 0.6) is 11.5 Å². The van der Waals surface area contributed by atoms with E-state index in [-0.39, 0.29) is 11.5 Å². The van der Waals surface area contributed by atoms with Crippen LogP contribution in [0.1, 0.15) is 0 Å². The van der Waals surface area contributed by atoms with Crippen LogP contribution in [0.25, 0.3) is 97.4 Å². The van der Waals surface area contributed by atoms with E-state index in [0.717, 1.165) is 49.2 Å². The Labute approximate surface area is 332 Å². The highest BCUT2D eigenvalue weighted by atomic mass is 32.1. The van der Waals surface area contributed by atoms with Gasteiger partial charge in [0.05, 0.1) is 0 Å². The van der Waals surface area contributed by atoms with Gasteiger partial charge in [0.15, 0.2) is 0 Å². The molecule has 6 heteroatoms. The van der Waals surface area contributed by atoms with E-state index in [1.54, 1.807) is 7.85 Å². The third-order valence-corrected chi connectivity index (χ3v) is 12.8. The highest BCUT2D eigenvalue weighted by Crippen LogP contribution is 2.44. The minimum atomic E-state index is 0.138. The van der Waals surface area contributed by atoms with Gasteiger partial charge < -0.3 is 10.2 Å². The maximum Gasteiger partial charge on any atom is 0.149 e. The molecule has 0 saturated carbocycles. The summed E-state index contributed by atoms with van der Waals surface area (Å²) in [6, 6.07) is 59.1. The molecule has 56 heavy (non-hydrogen) atoms. The molecular formula is C50H35B3O2S. The van der Waals surface area contributed by atoms with Gasteiger partial charge in [0, 0.05) is 20.2 Å². The molecule has 2 N–H and O–H groups in total. The second-order valence-corrected chi connectivity index (χ2v) is 15.9. The fraction of sp³-hybridized carbons (Fsp3) is 0. The molecule has 9 aromatic carbocycles. The highest BCUT2D eigenvalue weighted by molar-refractivity contribution is 7.25. The molecule has 0 amide bonds. The highest BCUT2D eigenvalue weighted by Gasteiger charge is 2.23. The molecule has 0 atom stereocenters. The van der Waals surface area contributed by atoms with Crippen LogP contribution < -0.4 is 16.4 Å². The van der Waals surface area contributed by atoms with Crippen molar-refractivity contribution in [1.82, 2.24) is 0 Å². The molecule has 262 valence electrons. The number of rotatable bonds is 5. The maximum absolute atomic E-state index is 11.1. The van der Waals surface area contributed by atoms with Crippen molar-refractivity contribution in [2.75, 3.05) is 0 Å². The largest absolute Gasteiger partial charge is 0.509 e. The van der Waals surface area contributed by atoms with Crippen molar-refractivity contribution in [2.45, 2.75) is 0 Å². The van der Waals surface area contributed by atoms with E-state index in [0.29, 0.717) is 5.46 Å². The molecule has 10 rings (SSSR count). The first-order valence-corrected chi connectivity index (χ1v) is 19.9. The summed E-state index contributed by atoms with van der Waals surface area (Å²) in [7, 11) is 5.65. The summed E-state index contributed by atoms with van der Waals surface area (Å²) in [5.41, 5.74) is 13.5. The van der Waals surface area contributed by atoms with Crippen LogP contribution in [0, 0.1) is 0 Å². The van der Waals surface area contributed by atoms with E-state index in [1.165, 1.54) is 59.1 Å². The van der Waals surface area contributed by atoms with E-state index >= 15 is 0 Å².